The highest BCUT2D eigenvalue weighted by Crippen LogP contribution is 2.30. The number of nitrogens with zero attached hydrogens (tertiary/aromatic N) is 5. The van der Waals surface area contributed by atoms with E-state index in [2.05, 4.69) is 25.5 Å². The standard InChI is InChI=1S/C12H13N7OS/c1-6(10-18-16-5-19(10)2)17-11(20)9-7(13)8-12(21-9)15-4-3-14-8/h3-6H,13H2,1-2H3,(H,17,20). The lowest BCUT2D eigenvalue weighted by Crippen LogP contribution is -2.28. The van der Waals surface area contributed by atoms with E-state index in [1.54, 1.807) is 23.3 Å². The van der Waals surface area contributed by atoms with Crippen LogP contribution in [-0.2, 0) is 7.05 Å². The van der Waals surface area contributed by atoms with Gasteiger partial charge in [0.25, 0.3) is 5.91 Å². The van der Waals surface area contributed by atoms with Crippen molar-refractivity contribution in [2.45, 2.75) is 13.0 Å². The third-order valence-corrected chi connectivity index (χ3v) is 4.15. The summed E-state index contributed by atoms with van der Waals surface area (Å²) in [6, 6.07) is -0.282. The molecule has 108 valence electrons. The van der Waals surface area contributed by atoms with Crippen LogP contribution in [0.4, 0.5) is 5.69 Å². The van der Waals surface area contributed by atoms with Crippen molar-refractivity contribution in [3.05, 3.63) is 29.4 Å². The number of amides is 1. The van der Waals surface area contributed by atoms with Gasteiger partial charge < -0.3 is 15.6 Å². The molecule has 0 aliphatic rings. The molecule has 3 N–H and O–H groups in total. The van der Waals surface area contributed by atoms with Gasteiger partial charge in [-0.2, -0.15) is 0 Å². The molecule has 0 aliphatic carbocycles. The van der Waals surface area contributed by atoms with Crippen molar-refractivity contribution in [2.24, 2.45) is 7.05 Å². The Labute approximate surface area is 124 Å². The van der Waals surface area contributed by atoms with Gasteiger partial charge in [-0.1, -0.05) is 0 Å². The molecule has 0 aromatic carbocycles. The van der Waals surface area contributed by atoms with Crippen LogP contribution in [-0.4, -0.2) is 30.6 Å². The molecule has 1 amide bonds. The highest BCUT2D eigenvalue weighted by molar-refractivity contribution is 7.21. The van der Waals surface area contributed by atoms with E-state index in [-0.39, 0.29) is 11.9 Å². The Morgan fingerprint density at radius 1 is 1.43 bits per heavy atom. The van der Waals surface area contributed by atoms with Crippen LogP contribution in [0.15, 0.2) is 18.7 Å². The molecule has 1 unspecified atom stereocenters. The van der Waals surface area contributed by atoms with Gasteiger partial charge in [0.1, 0.15) is 21.6 Å². The van der Waals surface area contributed by atoms with Crippen LogP contribution in [0, 0.1) is 0 Å². The third kappa shape index (κ3) is 2.31. The zero-order valence-corrected chi connectivity index (χ0v) is 12.3. The Kier molecular flexibility index (Phi) is 3.26. The van der Waals surface area contributed by atoms with Crippen LogP contribution < -0.4 is 11.1 Å². The van der Waals surface area contributed by atoms with E-state index in [4.69, 9.17) is 5.73 Å². The summed E-state index contributed by atoms with van der Waals surface area (Å²) in [5.41, 5.74) is 6.89. The first-order chi connectivity index (χ1) is 10.1. The lowest BCUT2D eigenvalue weighted by molar-refractivity contribution is 0.0942. The largest absolute Gasteiger partial charge is 0.396 e. The zero-order chi connectivity index (χ0) is 15.0. The highest BCUT2D eigenvalue weighted by atomic mass is 32.1. The number of rotatable bonds is 3. The van der Waals surface area contributed by atoms with Crippen LogP contribution in [0.5, 0.6) is 0 Å². The molecule has 21 heavy (non-hydrogen) atoms. The number of anilines is 1. The van der Waals surface area contributed by atoms with E-state index in [0.717, 1.165) is 0 Å². The molecule has 0 fully saturated rings. The second kappa shape index (κ2) is 5.09. The normalized spacial score (nSPS) is 12.5. The summed E-state index contributed by atoms with van der Waals surface area (Å²) >= 11 is 1.22. The maximum Gasteiger partial charge on any atom is 0.264 e. The number of nitrogens with one attached hydrogen (secondary N) is 1. The molecule has 3 heterocycles. The number of aromatic nitrogens is 5. The number of hydrogen-bond donors (Lipinski definition) is 2. The van der Waals surface area contributed by atoms with Crippen molar-refractivity contribution in [3.63, 3.8) is 0 Å². The number of hydrogen-bond acceptors (Lipinski definition) is 7. The van der Waals surface area contributed by atoms with Gasteiger partial charge in [0.2, 0.25) is 0 Å². The number of nitrogens with two attached hydrogens (primary N) is 1. The second-order valence-electron chi connectivity index (χ2n) is 4.55. The van der Waals surface area contributed by atoms with E-state index in [1.807, 2.05) is 14.0 Å². The predicted octanol–water partition coefficient (Wildman–Crippen LogP) is 0.893. The van der Waals surface area contributed by atoms with Crippen LogP contribution in [0.3, 0.4) is 0 Å². The quantitative estimate of drug-likeness (QED) is 0.743. The minimum atomic E-state index is -0.282. The average Bonchev–Trinajstić information content (AvgIpc) is 3.03. The minimum Gasteiger partial charge on any atom is -0.396 e. The fourth-order valence-electron chi connectivity index (χ4n) is 2.02. The van der Waals surface area contributed by atoms with E-state index in [9.17, 15) is 4.79 Å². The van der Waals surface area contributed by atoms with Crippen molar-refractivity contribution in [1.29, 1.82) is 0 Å². The topological polar surface area (TPSA) is 112 Å². The number of aryl methyl sites for hydroxylation is 1. The van der Waals surface area contributed by atoms with Crippen molar-refractivity contribution in [3.8, 4) is 0 Å². The van der Waals surface area contributed by atoms with E-state index in [1.165, 1.54) is 11.3 Å². The first-order valence-electron chi connectivity index (χ1n) is 6.21. The van der Waals surface area contributed by atoms with Gasteiger partial charge in [0.05, 0.1) is 11.7 Å². The third-order valence-electron chi connectivity index (χ3n) is 3.05. The van der Waals surface area contributed by atoms with Gasteiger partial charge in [0, 0.05) is 19.4 Å². The number of nitrogen functional groups attached to an aromatic ring is 1. The van der Waals surface area contributed by atoms with Crippen LogP contribution >= 0.6 is 11.3 Å². The molecule has 3 aromatic rings. The summed E-state index contributed by atoms with van der Waals surface area (Å²) in [6.45, 7) is 1.84. The predicted molar refractivity (Wildman–Crippen MR) is 78.7 cm³/mol. The summed E-state index contributed by atoms with van der Waals surface area (Å²) < 4.78 is 1.75. The molecule has 0 spiro atoms. The van der Waals surface area contributed by atoms with Crippen LogP contribution in [0.2, 0.25) is 0 Å². The molecular formula is C12H13N7OS. The lowest BCUT2D eigenvalue weighted by atomic mass is 10.3. The number of carbonyl (C=O) groups excluding carboxylic acids is 1. The SMILES string of the molecule is CC(NC(=O)c1sc2nccnc2c1N)c1nncn1C. The number of carbonyl (C=O) groups is 1. The Balaban J connectivity index is 1.87. The van der Waals surface area contributed by atoms with E-state index >= 15 is 0 Å². The number of fused-ring (bicyclic) bond motifs is 1. The van der Waals surface area contributed by atoms with Crippen LogP contribution in [0.25, 0.3) is 10.3 Å². The molecule has 3 rings (SSSR count). The zero-order valence-electron chi connectivity index (χ0n) is 11.4. The number of thiophene rings is 1. The van der Waals surface area contributed by atoms with Crippen LogP contribution in [0.1, 0.15) is 28.5 Å². The summed E-state index contributed by atoms with van der Waals surface area (Å²) in [4.78, 5) is 21.7. The Morgan fingerprint density at radius 3 is 2.86 bits per heavy atom. The summed E-state index contributed by atoms with van der Waals surface area (Å²) in [5, 5.41) is 10.6. The molecule has 3 aromatic heterocycles. The molecule has 0 aliphatic heterocycles. The Morgan fingerprint density at radius 2 is 2.19 bits per heavy atom. The molecule has 0 bridgehead atoms. The maximum absolute atomic E-state index is 12.4. The summed E-state index contributed by atoms with van der Waals surface area (Å²) in [7, 11) is 1.82. The molecule has 8 nitrogen and oxygen atoms in total. The van der Waals surface area contributed by atoms with Gasteiger partial charge in [-0.25, -0.2) is 9.97 Å². The van der Waals surface area contributed by atoms with Gasteiger partial charge in [-0.15, -0.1) is 21.5 Å². The molecular weight excluding hydrogens is 290 g/mol. The highest BCUT2D eigenvalue weighted by Gasteiger charge is 2.21. The monoisotopic (exact) mass is 303 g/mol. The molecule has 0 saturated heterocycles. The minimum absolute atomic E-state index is 0.271. The maximum atomic E-state index is 12.4. The molecule has 0 saturated carbocycles. The van der Waals surface area contributed by atoms with E-state index in [0.29, 0.717) is 26.7 Å². The lowest BCUT2D eigenvalue weighted by Gasteiger charge is -2.12. The van der Waals surface area contributed by atoms with Gasteiger partial charge in [-0.3, -0.25) is 4.79 Å². The van der Waals surface area contributed by atoms with Crippen molar-refractivity contribution < 1.29 is 4.79 Å². The van der Waals surface area contributed by atoms with Gasteiger partial charge in [-0.05, 0) is 6.92 Å². The Hall–Kier alpha value is -2.55. The molecule has 1 atom stereocenters. The van der Waals surface area contributed by atoms with Gasteiger partial charge >= 0.3 is 0 Å². The fourth-order valence-corrected chi connectivity index (χ4v) is 2.95. The van der Waals surface area contributed by atoms with Crippen molar-refractivity contribution in [2.75, 3.05) is 5.73 Å². The van der Waals surface area contributed by atoms with Crippen molar-refractivity contribution >= 4 is 33.3 Å². The Bertz CT molecular complexity index is 809. The first kappa shape index (κ1) is 13.4. The van der Waals surface area contributed by atoms with E-state index < -0.39 is 0 Å². The smallest absolute Gasteiger partial charge is 0.264 e. The first-order valence-corrected chi connectivity index (χ1v) is 7.03. The second-order valence-corrected chi connectivity index (χ2v) is 5.55. The summed E-state index contributed by atoms with van der Waals surface area (Å²) in [5.74, 6) is 0.395. The average molecular weight is 303 g/mol. The van der Waals surface area contributed by atoms with Crippen molar-refractivity contribution in [1.82, 2.24) is 30.0 Å². The van der Waals surface area contributed by atoms with Gasteiger partial charge in [0.15, 0.2) is 5.82 Å². The molecule has 0 radical (unpaired) electrons. The summed E-state index contributed by atoms with van der Waals surface area (Å²) in [6.07, 6.45) is 4.71. The fraction of sp³-hybridized carbons (Fsp3) is 0.250. The molecule has 9 heteroatoms.